The summed E-state index contributed by atoms with van der Waals surface area (Å²) in [6.45, 7) is -9.18. The van der Waals surface area contributed by atoms with Crippen LogP contribution >= 0.6 is 25.8 Å². The summed E-state index contributed by atoms with van der Waals surface area (Å²) in [6, 6.07) is -0.892. The number of ether oxygens (including phenoxy) is 1. The second kappa shape index (κ2) is 10.6. The first-order valence-corrected chi connectivity index (χ1v) is 17.9. The molecule has 6 heterocycles. The molecule has 0 radical (unpaired) electrons. The summed E-state index contributed by atoms with van der Waals surface area (Å²) in [4.78, 5) is 46.0. The van der Waals surface area contributed by atoms with Gasteiger partial charge in [0.05, 0.1) is 37.7 Å². The number of H-pyrrole nitrogens is 1. The zero-order valence-electron chi connectivity index (χ0n) is 21.4. The maximum absolute atomic E-state index is 16.0. The van der Waals surface area contributed by atoms with Crippen molar-refractivity contribution in [2.75, 3.05) is 12.3 Å². The molecule has 2 bridgehead atoms. The van der Waals surface area contributed by atoms with Crippen molar-refractivity contribution < 1.29 is 41.8 Å². The molecule has 7 rings (SSSR count). The van der Waals surface area contributed by atoms with Gasteiger partial charge in [-0.15, -0.1) is 0 Å². The second-order valence-corrected chi connectivity index (χ2v) is 15.6. The molecule has 1 aliphatic carbocycles. The number of hydrogen-bond donors (Lipinski definition) is 5. The van der Waals surface area contributed by atoms with E-state index in [4.69, 9.17) is 40.4 Å². The minimum atomic E-state index is -4.29. The molecule has 0 aromatic carbocycles. The maximum atomic E-state index is 16.0. The summed E-state index contributed by atoms with van der Waals surface area (Å²) in [5, 5.41) is 11.2. The fourth-order valence-corrected chi connectivity index (χ4v) is 8.79. The highest BCUT2D eigenvalue weighted by Crippen LogP contribution is 2.60. The smallest absolute Gasteiger partial charge is 0.386 e. The average Bonchev–Trinajstić information content (AvgIpc) is 3.70. The Balaban J connectivity index is 1.22. The van der Waals surface area contributed by atoms with Crippen LogP contribution in [0.4, 0.5) is 10.2 Å². The predicted molar refractivity (Wildman–Crippen MR) is 150 cm³/mol. The van der Waals surface area contributed by atoms with Gasteiger partial charge in [0.25, 0.3) is 5.56 Å². The molecule has 2 unspecified atom stereocenters. The third kappa shape index (κ3) is 5.11. The number of thiol groups is 1. The van der Waals surface area contributed by atoms with Crippen LogP contribution in [0.1, 0.15) is 18.7 Å². The number of hydrogen-bond acceptors (Lipinski definition) is 15. The number of aliphatic hydroxyl groups is 1. The molecule has 4 aromatic rings. The number of aromatic amines is 1. The van der Waals surface area contributed by atoms with Gasteiger partial charge in [0, 0.05) is 6.42 Å². The second-order valence-electron chi connectivity index (χ2n) is 9.96. The van der Waals surface area contributed by atoms with Crippen molar-refractivity contribution in [1.29, 1.82) is 0 Å². The van der Waals surface area contributed by atoms with Crippen LogP contribution in [-0.2, 0) is 39.2 Å². The van der Waals surface area contributed by atoms with Crippen molar-refractivity contribution in [3.63, 3.8) is 0 Å². The average molecular weight is 678 g/mol. The fraction of sp³-hybridized carbons (Fsp3) is 0.500. The van der Waals surface area contributed by atoms with Crippen molar-refractivity contribution >= 4 is 65.7 Å². The molecule has 4 aromatic heterocycles. The zero-order chi connectivity index (χ0) is 30.3. The van der Waals surface area contributed by atoms with E-state index < -0.39 is 74.6 Å². The van der Waals surface area contributed by atoms with E-state index in [1.54, 1.807) is 0 Å². The third-order valence-corrected chi connectivity index (χ3v) is 10.6. The van der Waals surface area contributed by atoms with Gasteiger partial charge in [0.1, 0.15) is 36.3 Å². The maximum Gasteiger partial charge on any atom is 0.386 e. The van der Waals surface area contributed by atoms with E-state index >= 15 is 4.39 Å². The number of fused-ring (bicyclic) bond motifs is 5. The van der Waals surface area contributed by atoms with Gasteiger partial charge in [-0.25, -0.2) is 33.9 Å². The number of alkyl halides is 1. The molecule has 230 valence electrons. The van der Waals surface area contributed by atoms with Crippen LogP contribution in [0.15, 0.2) is 30.1 Å². The van der Waals surface area contributed by atoms with Gasteiger partial charge in [-0.2, -0.15) is 0 Å². The Hall–Kier alpha value is -2.42. The van der Waals surface area contributed by atoms with Crippen LogP contribution in [0, 0.1) is 0 Å². The number of rotatable bonds is 2. The van der Waals surface area contributed by atoms with E-state index in [0.717, 1.165) is 0 Å². The summed E-state index contributed by atoms with van der Waals surface area (Å²) in [7, 11) is 0. The number of imidazole rings is 2. The first-order chi connectivity index (χ1) is 20.4. The summed E-state index contributed by atoms with van der Waals surface area (Å²) in [5.41, 5.74) is 5.85. The standard InChI is InChI=1S/C20H22FN9O9P2S2/c21-10-15-9(36-20(10)30-6-27-11-16(22)23-3-24-17(11)30)2-35-40(33,42)38-14-7(1-8(13(14)31)37-41(34,43)39-15)29-5-28-12-18(29)25-4-26-19(12)32/h3-10,13-15,20,31H,1-2H2,(H,33,42)(H,34,43)(H2,22,23,24)(H,25,26,32)/t7-,8+,9-,10-,13-,14+,15-,20-,40?,41?/m1/s1. The van der Waals surface area contributed by atoms with Crippen molar-refractivity contribution in [2.45, 2.75) is 55.4 Å². The highest BCUT2D eigenvalue weighted by Gasteiger charge is 2.54. The van der Waals surface area contributed by atoms with E-state index in [-0.39, 0.29) is 34.6 Å². The molecule has 23 heteroatoms. The van der Waals surface area contributed by atoms with Crippen molar-refractivity contribution in [3.05, 3.63) is 35.7 Å². The Labute approximate surface area is 249 Å². The Bertz CT molecular complexity index is 1880. The molecule has 18 nitrogen and oxygen atoms in total. The normalized spacial score (nSPS) is 38.6. The molecule has 2 saturated heterocycles. The largest absolute Gasteiger partial charge is 0.388 e. The van der Waals surface area contributed by atoms with Gasteiger partial charge in [0.2, 0.25) is 0 Å². The molecule has 43 heavy (non-hydrogen) atoms. The quantitative estimate of drug-likeness (QED) is 0.144. The monoisotopic (exact) mass is 677 g/mol. The lowest BCUT2D eigenvalue weighted by molar-refractivity contribution is -0.0539. The number of nitrogen functional groups attached to an aromatic ring is 1. The van der Waals surface area contributed by atoms with E-state index in [1.165, 1.54) is 34.4 Å². The summed E-state index contributed by atoms with van der Waals surface area (Å²) in [6.07, 6.45) is -5.67. The van der Waals surface area contributed by atoms with Crippen molar-refractivity contribution in [2.24, 2.45) is 0 Å². The van der Waals surface area contributed by atoms with Crippen LogP contribution in [0.25, 0.3) is 22.3 Å². The van der Waals surface area contributed by atoms with Gasteiger partial charge < -0.3 is 34.5 Å². The highest BCUT2D eigenvalue weighted by atomic mass is 32.7. The molecule has 0 spiro atoms. The van der Waals surface area contributed by atoms with Crippen LogP contribution in [0.2, 0.25) is 0 Å². The van der Waals surface area contributed by atoms with E-state index in [2.05, 4.69) is 42.2 Å². The molecule has 1 saturated carbocycles. The molecule has 0 amide bonds. The number of nitrogens with zero attached hydrogens (tertiary/aromatic N) is 7. The molecule has 3 fully saturated rings. The van der Waals surface area contributed by atoms with Crippen LogP contribution in [0.3, 0.4) is 0 Å². The van der Waals surface area contributed by atoms with Crippen LogP contribution in [-0.4, -0.2) is 92.3 Å². The van der Waals surface area contributed by atoms with Gasteiger partial charge in [0.15, 0.2) is 35.0 Å². The summed E-state index contributed by atoms with van der Waals surface area (Å²) < 4.78 is 60.5. The lowest BCUT2D eigenvalue weighted by atomic mass is 10.1. The Morgan fingerprint density at radius 2 is 1.81 bits per heavy atom. The van der Waals surface area contributed by atoms with Crippen molar-refractivity contribution in [1.82, 2.24) is 39.0 Å². The Morgan fingerprint density at radius 3 is 2.63 bits per heavy atom. The SMILES string of the molecule is Nc1ncnc2c1ncn2[C@@H]1O[C@@H]2COP(=O)(S)O[C@@H]3[C@H](O)[C@H](C[C@H]3n3cnc4c(=O)[nH]cnc43)OP(O)(=S)O[C@H]2[C@H]1F. The van der Waals surface area contributed by atoms with E-state index in [0.29, 0.717) is 0 Å². The number of nitrogens with one attached hydrogen (secondary N) is 1. The van der Waals surface area contributed by atoms with Gasteiger partial charge in [-0.3, -0.25) is 22.9 Å². The highest BCUT2D eigenvalue weighted by molar-refractivity contribution is 8.44. The number of aromatic nitrogens is 8. The summed E-state index contributed by atoms with van der Waals surface area (Å²) in [5.74, 6) is 0.0637. The zero-order valence-corrected chi connectivity index (χ0v) is 24.9. The fourth-order valence-electron chi connectivity index (χ4n) is 5.50. The minimum Gasteiger partial charge on any atom is -0.388 e. The lowest BCUT2D eigenvalue weighted by Gasteiger charge is -2.30. The number of anilines is 1. The number of halogens is 1. The number of nitrogens with two attached hydrogens (primary N) is 1. The topological polar surface area (TPSA) is 237 Å². The summed E-state index contributed by atoms with van der Waals surface area (Å²) >= 11 is 9.30. The lowest BCUT2D eigenvalue weighted by Crippen LogP contribution is -2.37. The Morgan fingerprint density at radius 1 is 1.07 bits per heavy atom. The first-order valence-electron chi connectivity index (χ1n) is 12.6. The molecule has 5 N–H and O–H groups in total. The van der Waals surface area contributed by atoms with Crippen LogP contribution < -0.4 is 11.3 Å². The third-order valence-electron chi connectivity index (χ3n) is 7.40. The van der Waals surface area contributed by atoms with Gasteiger partial charge in [-0.1, -0.05) is 12.2 Å². The van der Waals surface area contributed by atoms with E-state index in [1.807, 2.05) is 0 Å². The molecule has 2 aliphatic heterocycles. The predicted octanol–water partition coefficient (Wildman–Crippen LogP) is 0.523. The van der Waals surface area contributed by atoms with Gasteiger partial charge in [-0.05, 0) is 11.8 Å². The molecular formula is C20H22FN9O9P2S2. The minimum absolute atomic E-state index is 0.00674. The first kappa shape index (κ1) is 29.3. The van der Waals surface area contributed by atoms with Crippen molar-refractivity contribution in [3.8, 4) is 0 Å². The van der Waals surface area contributed by atoms with E-state index in [9.17, 15) is 19.4 Å². The van der Waals surface area contributed by atoms with Crippen LogP contribution in [0.5, 0.6) is 0 Å². The molecule has 3 aliphatic rings. The number of aliphatic hydroxyl groups excluding tert-OH is 1. The Kier molecular flexibility index (Phi) is 7.22. The van der Waals surface area contributed by atoms with Gasteiger partial charge >= 0.3 is 13.5 Å². The molecule has 10 atom stereocenters. The molecular weight excluding hydrogens is 655 g/mol.